The van der Waals surface area contributed by atoms with E-state index >= 15 is 0 Å². The fourth-order valence-electron chi connectivity index (χ4n) is 1.39. The Morgan fingerprint density at radius 2 is 1.53 bits per heavy atom. The number of hydrogen-bond donors (Lipinski definition) is 0. The third-order valence-electron chi connectivity index (χ3n) is 2.08. The number of ether oxygens (including phenoxy) is 1. The summed E-state index contributed by atoms with van der Waals surface area (Å²) >= 11 is 0. The van der Waals surface area contributed by atoms with Crippen LogP contribution in [-0.4, -0.2) is 12.0 Å². The first-order valence-electron chi connectivity index (χ1n) is 4.25. The molecule has 1 saturated carbocycles. The molecule has 1 nitrogen and oxygen atoms in total. The molecule has 0 aromatic heterocycles. The Kier molecular flexibility index (Phi) is 3.32. The fraction of sp³-hybridized carbons (Fsp3) is 0.750. The first-order chi connectivity index (χ1) is 6.77. The number of hydrogen-bond acceptors (Lipinski definition) is 1. The van der Waals surface area contributed by atoms with Crippen LogP contribution in [0.25, 0.3) is 0 Å². The fourth-order valence-corrected chi connectivity index (χ4v) is 1.39. The van der Waals surface area contributed by atoms with E-state index in [0.717, 1.165) is 0 Å². The van der Waals surface area contributed by atoms with Crippen molar-refractivity contribution in [2.24, 2.45) is 0 Å². The minimum atomic E-state index is -4.90. The highest BCUT2D eigenvalue weighted by atomic mass is 19.3. The molecule has 0 radical (unpaired) electrons. The number of alkyl halides is 3. The molecule has 15 heavy (non-hydrogen) atoms. The van der Waals surface area contributed by atoms with Crippen molar-refractivity contribution in [3.8, 4) is 0 Å². The SMILES string of the molecule is FC(F)=C(F)C(F)(F)OC1(F)CCCC1. The Morgan fingerprint density at radius 1 is 1.07 bits per heavy atom. The Morgan fingerprint density at radius 3 is 1.93 bits per heavy atom. The van der Waals surface area contributed by atoms with Crippen LogP contribution in [-0.2, 0) is 4.74 Å². The minimum absolute atomic E-state index is 0.302. The van der Waals surface area contributed by atoms with Crippen molar-refractivity contribution in [1.82, 2.24) is 0 Å². The largest absolute Gasteiger partial charge is 0.417 e. The molecule has 0 atom stereocenters. The van der Waals surface area contributed by atoms with E-state index in [0.29, 0.717) is 12.8 Å². The van der Waals surface area contributed by atoms with E-state index in [1.807, 2.05) is 0 Å². The molecule has 0 N–H and O–H groups in total. The van der Waals surface area contributed by atoms with Crippen LogP contribution in [0.3, 0.4) is 0 Å². The zero-order valence-corrected chi connectivity index (χ0v) is 7.50. The van der Waals surface area contributed by atoms with E-state index in [1.165, 1.54) is 0 Å². The smallest absolute Gasteiger partial charge is 0.277 e. The standard InChI is InChI=1S/C8H8F6O/c9-5(6(10)11)8(13,14)15-7(12)3-1-2-4-7/h1-4H2. The van der Waals surface area contributed by atoms with Crippen molar-refractivity contribution >= 4 is 0 Å². The van der Waals surface area contributed by atoms with Crippen molar-refractivity contribution in [2.45, 2.75) is 37.6 Å². The average molecular weight is 234 g/mol. The van der Waals surface area contributed by atoms with Gasteiger partial charge in [0.1, 0.15) is 0 Å². The molecule has 0 saturated heterocycles. The Hall–Kier alpha value is -0.720. The summed E-state index contributed by atoms with van der Waals surface area (Å²) in [4.78, 5) is 0. The highest BCUT2D eigenvalue weighted by Crippen LogP contribution is 2.42. The summed E-state index contributed by atoms with van der Waals surface area (Å²) in [5.41, 5.74) is 0. The normalized spacial score (nSPS) is 20.4. The molecule has 0 aromatic rings. The van der Waals surface area contributed by atoms with Crippen molar-refractivity contribution in [2.75, 3.05) is 0 Å². The lowest BCUT2D eigenvalue weighted by atomic mass is 10.2. The van der Waals surface area contributed by atoms with Gasteiger partial charge in [0, 0.05) is 12.8 Å². The summed E-state index contributed by atoms with van der Waals surface area (Å²) in [5.74, 6) is -5.75. The van der Waals surface area contributed by atoms with Gasteiger partial charge in [0.05, 0.1) is 0 Å². The topological polar surface area (TPSA) is 9.23 Å². The second kappa shape index (κ2) is 4.03. The van der Waals surface area contributed by atoms with Crippen LogP contribution in [0.15, 0.2) is 11.9 Å². The van der Waals surface area contributed by atoms with Crippen LogP contribution in [0.4, 0.5) is 26.3 Å². The van der Waals surface area contributed by atoms with Crippen LogP contribution in [0.1, 0.15) is 25.7 Å². The molecule has 0 unspecified atom stereocenters. The number of halogens is 6. The second-order valence-corrected chi connectivity index (χ2v) is 3.28. The first kappa shape index (κ1) is 12.4. The molecule has 0 amide bonds. The van der Waals surface area contributed by atoms with Gasteiger partial charge < -0.3 is 0 Å². The highest BCUT2D eigenvalue weighted by molar-refractivity contribution is 5.00. The summed E-state index contributed by atoms with van der Waals surface area (Å²) < 4.78 is 77.3. The summed E-state index contributed by atoms with van der Waals surface area (Å²) in [7, 11) is 0. The Bertz CT molecular complexity index is 264. The molecule has 1 rings (SSSR count). The maximum atomic E-state index is 13.3. The molecule has 0 bridgehead atoms. The van der Waals surface area contributed by atoms with E-state index in [2.05, 4.69) is 4.74 Å². The first-order valence-corrected chi connectivity index (χ1v) is 4.25. The molecular weight excluding hydrogens is 226 g/mol. The predicted molar refractivity (Wildman–Crippen MR) is 38.7 cm³/mol. The average Bonchev–Trinajstić information content (AvgIpc) is 2.49. The van der Waals surface area contributed by atoms with Gasteiger partial charge in [0.15, 0.2) is 0 Å². The van der Waals surface area contributed by atoms with Crippen molar-refractivity contribution in [3.63, 3.8) is 0 Å². The maximum absolute atomic E-state index is 13.3. The van der Waals surface area contributed by atoms with Crippen LogP contribution in [0.2, 0.25) is 0 Å². The van der Waals surface area contributed by atoms with Crippen molar-refractivity contribution in [1.29, 1.82) is 0 Å². The van der Waals surface area contributed by atoms with E-state index in [4.69, 9.17) is 0 Å². The zero-order valence-electron chi connectivity index (χ0n) is 7.50. The molecule has 0 aliphatic heterocycles. The van der Waals surface area contributed by atoms with Crippen LogP contribution < -0.4 is 0 Å². The molecule has 0 aromatic carbocycles. The van der Waals surface area contributed by atoms with E-state index < -0.39 is 23.9 Å². The second-order valence-electron chi connectivity index (χ2n) is 3.28. The van der Waals surface area contributed by atoms with Gasteiger partial charge in [0.25, 0.3) is 5.83 Å². The van der Waals surface area contributed by atoms with Gasteiger partial charge in [-0.3, -0.25) is 4.74 Å². The summed E-state index contributed by atoms with van der Waals surface area (Å²) in [5, 5.41) is 0. The van der Waals surface area contributed by atoms with Gasteiger partial charge in [0.2, 0.25) is 5.85 Å². The Labute approximate surface area is 81.7 Å². The zero-order chi connectivity index (χ0) is 11.7. The predicted octanol–water partition coefficient (Wildman–Crippen LogP) is 3.91. The lowest BCUT2D eigenvalue weighted by molar-refractivity contribution is -0.317. The molecule has 0 heterocycles. The minimum Gasteiger partial charge on any atom is -0.277 e. The van der Waals surface area contributed by atoms with E-state index in [1.54, 1.807) is 0 Å². The van der Waals surface area contributed by atoms with Gasteiger partial charge in [-0.25, -0.2) is 4.39 Å². The molecule has 0 spiro atoms. The third-order valence-corrected chi connectivity index (χ3v) is 2.08. The van der Waals surface area contributed by atoms with E-state index in [9.17, 15) is 26.3 Å². The quantitative estimate of drug-likeness (QED) is 0.672. The maximum Gasteiger partial charge on any atom is 0.417 e. The monoisotopic (exact) mass is 234 g/mol. The van der Waals surface area contributed by atoms with Gasteiger partial charge >= 0.3 is 12.2 Å². The summed E-state index contributed by atoms with van der Waals surface area (Å²) in [6.07, 6.45) is -8.20. The van der Waals surface area contributed by atoms with Crippen LogP contribution in [0.5, 0.6) is 0 Å². The van der Waals surface area contributed by atoms with Crippen molar-refractivity contribution in [3.05, 3.63) is 11.9 Å². The third kappa shape index (κ3) is 2.87. The molecule has 88 valence electrons. The van der Waals surface area contributed by atoms with Crippen molar-refractivity contribution < 1.29 is 31.1 Å². The van der Waals surface area contributed by atoms with Gasteiger partial charge in [-0.1, -0.05) is 0 Å². The van der Waals surface area contributed by atoms with Crippen LogP contribution >= 0.6 is 0 Å². The summed E-state index contributed by atoms with van der Waals surface area (Å²) in [6, 6.07) is 0. The van der Waals surface area contributed by atoms with E-state index in [-0.39, 0.29) is 12.8 Å². The summed E-state index contributed by atoms with van der Waals surface area (Å²) in [6.45, 7) is 0. The lowest BCUT2D eigenvalue weighted by Gasteiger charge is -2.24. The van der Waals surface area contributed by atoms with Gasteiger partial charge in [-0.15, -0.1) is 0 Å². The molecule has 1 aliphatic carbocycles. The molecule has 1 aliphatic rings. The molecular formula is C8H8F6O. The van der Waals surface area contributed by atoms with Crippen LogP contribution in [0, 0.1) is 0 Å². The highest BCUT2D eigenvalue weighted by Gasteiger charge is 2.50. The molecule has 7 heteroatoms. The van der Waals surface area contributed by atoms with Gasteiger partial charge in [-0.05, 0) is 12.8 Å². The number of rotatable bonds is 3. The van der Waals surface area contributed by atoms with Gasteiger partial charge in [-0.2, -0.15) is 22.0 Å². The molecule has 1 fully saturated rings. The lowest BCUT2D eigenvalue weighted by Crippen LogP contribution is -2.35. The Balaban J connectivity index is 2.75.